The van der Waals surface area contributed by atoms with Crippen LogP contribution in [0.5, 0.6) is 0 Å². The predicted molar refractivity (Wildman–Crippen MR) is 151 cm³/mol. The van der Waals surface area contributed by atoms with Gasteiger partial charge in [0.25, 0.3) is 6.47 Å². The van der Waals surface area contributed by atoms with Gasteiger partial charge in [0.15, 0.2) is 0 Å². The molecule has 0 aliphatic carbocycles. The number of carbonyl (C=O) groups is 1. The van der Waals surface area contributed by atoms with Crippen molar-refractivity contribution in [3.05, 3.63) is 71.8 Å². The molecule has 0 heterocycles. The molecule has 36 heavy (non-hydrogen) atoms. The number of hydrogen-bond acceptors (Lipinski definition) is 3. The van der Waals surface area contributed by atoms with Crippen molar-refractivity contribution >= 4 is 6.47 Å². The number of benzene rings is 2. The normalized spacial score (nSPS) is 15.6. The lowest BCUT2D eigenvalue weighted by Crippen LogP contribution is -2.24. The average Bonchev–Trinajstić information content (AvgIpc) is 2.89. The molecular weight excluding hydrogens is 444 g/mol. The van der Waals surface area contributed by atoms with Crippen LogP contribution in [-0.2, 0) is 20.4 Å². The van der Waals surface area contributed by atoms with Crippen molar-refractivity contribution in [3.63, 3.8) is 0 Å². The highest BCUT2D eigenvalue weighted by molar-refractivity contribution is 5.37. The van der Waals surface area contributed by atoms with E-state index in [1.165, 1.54) is 43.2 Å². The van der Waals surface area contributed by atoms with Crippen molar-refractivity contribution in [2.75, 3.05) is 6.61 Å². The van der Waals surface area contributed by atoms with E-state index in [2.05, 4.69) is 75.4 Å². The first-order valence-corrected chi connectivity index (χ1v) is 14.3. The Kier molecular flexibility index (Phi) is 13.9. The van der Waals surface area contributed by atoms with Gasteiger partial charge in [-0.2, -0.15) is 0 Å². The predicted octanol–water partition coefficient (Wildman–Crippen LogP) is 8.53. The Balaban J connectivity index is 1.64. The Morgan fingerprint density at radius 2 is 1.19 bits per heavy atom. The van der Waals surface area contributed by atoms with Crippen LogP contribution < -0.4 is 0 Å². The summed E-state index contributed by atoms with van der Waals surface area (Å²) < 4.78 is 5.00. The molecule has 0 bridgehead atoms. The van der Waals surface area contributed by atoms with Crippen LogP contribution >= 0.6 is 0 Å². The minimum absolute atomic E-state index is 0.00884. The van der Waals surface area contributed by atoms with Gasteiger partial charge in [-0.1, -0.05) is 126 Å². The summed E-state index contributed by atoms with van der Waals surface area (Å²) in [5, 5.41) is 10.5. The number of hydrogen-bond donors (Lipinski definition) is 1. The second-order valence-electron chi connectivity index (χ2n) is 11.2. The van der Waals surface area contributed by atoms with Gasteiger partial charge in [0.05, 0.1) is 12.7 Å². The second kappa shape index (κ2) is 16.6. The highest BCUT2D eigenvalue weighted by Crippen LogP contribution is 2.35. The van der Waals surface area contributed by atoms with Crippen molar-refractivity contribution in [1.82, 2.24) is 0 Å². The van der Waals surface area contributed by atoms with Gasteiger partial charge in [0.2, 0.25) is 0 Å². The molecule has 3 unspecified atom stereocenters. The molecule has 0 aliphatic heterocycles. The third kappa shape index (κ3) is 10.5. The van der Waals surface area contributed by atoms with Crippen LogP contribution in [0, 0.1) is 0 Å². The molecule has 3 atom stereocenters. The standard InChI is InChI=1S/C33H50O3/c1-4-23-32(2,29-17-9-5-10-18-29)24-15-7-13-21-31(35)22-14-8-16-25-33(3,26-27-36-28-34)30-19-11-6-12-20-30/h5-6,9-12,17-20,28,31,35H,4,7-8,13-16,21-27H2,1-3H3. The molecule has 0 fully saturated rings. The van der Waals surface area contributed by atoms with E-state index >= 15 is 0 Å². The molecule has 1 N–H and O–H groups in total. The molecule has 2 rings (SSSR count). The fraction of sp³-hybridized carbons (Fsp3) is 0.606. The van der Waals surface area contributed by atoms with Gasteiger partial charge >= 0.3 is 0 Å². The Morgan fingerprint density at radius 3 is 1.64 bits per heavy atom. The molecule has 2 aromatic carbocycles. The smallest absolute Gasteiger partial charge is 0.293 e. The van der Waals surface area contributed by atoms with Crippen LogP contribution in [0.15, 0.2) is 60.7 Å². The number of ether oxygens (including phenoxy) is 1. The lowest BCUT2D eigenvalue weighted by atomic mass is 9.75. The first-order valence-electron chi connectivity index (χ1n) is 14.3. The molecule has 0 aromatic heterocycles. The van der Waals surface area contributed by atoms with Crippen LogP contribution in [0.3, 0.4) is 0 Å². The maximum atomic E-state index is 10.6. The van der Waals surface area contributed by atoms with Crippen LogP contribution in [0.4, 0.5) is 0 Å². The molecule has 0 aliphatic rings. The minimum atomic E-state index is -0.178. The van der Waals surface area contributed by atoms with Gasteiger partial charge in [0.1, 0.15) is 0 Å². The van der Waals surface area contributed by atoms with E-state index < -0.39 is 0 Å². The minimum Gasteiger partial charge on any atom is -0.468 e. The van der Waals surface area contributed by atoms with E-state index in [1.54, 1.807) is 0 Å². The molecular formula is C33H50O3. The molecule has 0 spiro atoms. The van der Waals surface area contributed by atoms with Crippen LogP contribution in [0.2, 0.25) is 0 Å². The summed E-state index contributed by atoms with van der Waals surface area (Å²) >= 11 is 0. The van der Waals surface area contributed by atoms with E-state index in [-0.39, 0.29) is 16.9 Å². The fourth-order valence-corrected chi connectivity index (χ4v) is 5.68. The SMILES string of the molecule is CCCC(C)(CCCCCC(O)CCCCCC(C)(CCOC=O)c1ccccc1)c1ccccc1. The quantitative estimate of drug-likeness (QED) is 0.148. The summed E-state index contributed by atoms with van der Waals surface area (Å²) in [6, 6.07) is 21.5. The van der Waals surface area contributed by atoms with Crippen LogP contribution in [-0.4, -0.2) is 24.3 Å². The molecule has 0 saturated heterocycles. The van der Waals surface area contributed by atoms with E-state index in [0.717, 1.165) is 51.4 Å². The first-order chi connectivity index (χ1) is 17.4. The Bertz CT molecular complexity index is 821. The van der Waals surface area contributed by atoms with Crippen molar-refractivity contribution in [2.45, 2.75) is 121 Å². The molecule has 200 valence electrons. The topological polar surface area (TPSA) is 46.5 Å². The van der Waals surface area contributed by atoms with Gasteiger partial charge in [-0.05, 0) is 60.5 Å². The molecule has 3 heteroatoms. The number of unbranched alkanes of at least 4 members (excludes halogenated alkanes) is 4. The summed E-state index contributed by atoms with van der Waals surface area (Å²) in [4.78, 5) is 10.6. The van der Waals surface area contributed by atoms with E-state index in [9.17, 15) is 9.90 Å². The third-order valence-corrected chi connectivity index (χ3v) is 8.11. The first kappa shape index (κ1) is 30.1. The average molecular weight is 495 g/mol. The lowest BCUT2D eigenvalue weighted by molar-refractivity contribution is -0.129. The summed E-state index contributed by atoms with van der Waals surface area (Å²) in [7, 11) is 0. The van der Waals surface area contributed by atoms with Gasteiger partial charge in [-0.15, -0.1) is 0 Å². The summed E-state index contributed by atoms with van der Waals surface area (Å²) in [5.41, 5.74) is 3.05. The highest BCUT2D eigenvalue weighted by atomic mass is 16.5. The fourth-order valence-electron chi connectivity index (χ4n) is 5.68. The van der Waals surface area contributed by atoms with Crippen LogP contribution in [0.25, 0.3) is 0 Å². The number of carbonyl (C=O) groups excluding carboxylic acids is 1. The Labute approximate surface area is 220 Å². The zero-order valence-electron chi connectivity index (χ0n) is 23.1. The lowest BCUT2D eigenvalue weighted by Gasteiger charge is -2.30. The molecule has 0 saturated carbocycles. The van der Waals surface area contributed by atoms with Gasteiger partial charge in [-0.25, -0.2) is 0 Å². The number of aliphatic hydroxyl groups is 1. The zero-order chi connectivity index (χ0) is 26.1. The van der Waals surface area contributed by atoms with E-state index in [0.29, 0.717) is 13.1 Å². The van der Waals surface area contributed by atoms with Gasteiger partial charge < -0.3 is 9.84 Å². The Morgan fingerprint density at radius 1 is 0.722 bits per heavy atom. The monoisotopic (exact) mass is 494 g/mol. The van der Waals surface area contributed by atoms with E-state index in [4.69, 9.17) is 4.74 Å². The summed E-state index contributed by atoms with van der Waals surface area (Å²) in [6.45, 7) is 7.96. The number of aliphatic hydroxyl groups excluding tert-OH is 1. The van der Waals surface area contributed by atoms with Crippen LogP contribution in [0.1, 0.15) is 115 Å². The third-order valence-electron chi connectivity index (χ3n) is 8.11. The molecule has 2 aromatic rings. The van der Waals surface area contributed by atoms with Crippen molar-refractivity contribution in [1.29, 1.82) is 0 Å². The summed E-state index contributed by atoms with van der Waals surface area (Å²) in [5.74, 6) is 0. The highest BCUT2D eigenvalue weighted by Gasteiger charge is 2.26. The van der Waals surface area contributed by atoms with Crippen molar-refractivity contribution in [3.8, 4) is 0 Å². The van der Waals surface area contributed by atoms with Gasteiger partial charge in [0, 0.05) is 0 Å². The molecule has 0 amide bonds. The van der Waals surface area contributed by atoms with Crippen molar-refractivity contribution < 1.29 is 14.6 Å². The Hall–Kier alpha value is -2.13. The van der Waals surface area contributed by atoms with Crippen molar-refractivity contribution in [2.24, 2.45) is 0 Å². The second-order valence-corrected chi connectivity index (χ2v) is 11.2. The van der Waals surface area contributed by atoms with Gasteiger partial charge in [-0.3, -0.25) is 4.79 Å². The zero-order valence-corrected chi connectivity index (χ0v) is 23.1. The maximum Gasteiger partial charge on any atom is 0.293 e. The molecule has 3 nitrogen and oxygen atoms in total. The van der Waals surface area contributed by atoms with E-state index in [1.807, 2.05) is 6.07 Å². The largest absolute Gasteiger partial charge is 0.468 e. The molecule has 0 radical (unpaired) electrons. The number of rotatable bonds is 20. The summed E-state index contributed by atoms with van der Waals surface area (Å²) in [6.07, 6.45) is 14.0. The maximum absolute atomic E-state index is 10.6.